The second kappa shape index (κ2) is 11.7. The molecule has 11 heteroatoms. The summed E-state index contributed by atoms with van der Waals surface area (Å²) in [4.78, 5) is 25.5. The van der Waals surface area contributed by atoms with Crippen LogP contribution in [0.2, 0.25) is 0 Å². The molecule has 1 heterocycles. The van der Waals surface area contributed by atoms with Crippen molar-refractivity contribution in [1.82, 2.24) is 5.16 Å². The molecule has 2 atom stereocenters. The molecule has 0 aliphatic heterocycles. The largest absolute Gasteiger partial charge is 0.364 e. The molecule has 2 aromatic carbocycles. The van der Waals surface area contributed by atoms with Gasteiger partial charge in [-0.2, -0.15) is 0 Å². The van der Waals surface area contributed by atoms with E-state index in [1.807, 2.05) is 20.8 Å². The fraction of sp³-hybridized carbons (Fsp3) is 0.393. The lowest BCUT2D eigenvalue weighted by molar-refractivity contribution is -0.868. The first kappa shape index (κ1) is 30.0. The van der Waals surface area contributed by atoms with Crippen LogP contribution in [0, 0.1) is 25.6 Å². The summed E-state index contributed by atoms with van der Waals surface area (Å²) in [5.74, 6) is -1.43. The molecule has 3 rings (SSSR count). The highest BCUT2D eigenvalue weighted by Crippen LogP contribution is 2.32. The van der Waals surface area contributed by atoms with E-state index in [0.717, 1.165) is 17.7 Å². The number of likely N-dealkylation sites (N-methyl/N-ethyl adjacent to an activating group) is 1. The standard InChI is InChI=1S/C28H35FN4O5S/c1-7-8-25(34)33(6,26(17(2)3)27(30)35)16-20-9-11-21(12-10-20)23-15-22(29)13-14-24(23)39(36,37)32-28-18(4)19(5)31-38-28/h9-15,17,26H,7-8,16H2,1-6H3,(H2-,30,31,32,35)/p+1/t26-,33?/m0/s1. The molecule has 1 aromatic heterocycles. The summed E-state index contributed by atoms with van der Waals surface area (Å²) in [5, 5.41) is 3.77. The number of nitrogens with two attached hydrogens (primary N) is 1. The van der Waals surface area contributed by atoms with E-state index in [2.05, 4.69) is 9.88 Å². The number of aryl methyl sites for hydroxylation is 1. The van der Waals surface area contributed by atoms with E-state index in [1.54, 1.807) is 45.2 Å². The fourth-order valence-electron chi connectivity index (χ4n) is 4.90. The Bertz CT molecular complexity index is 1470. The Balaban J connectivity index is 2.00. The molecule has 2 amide bonds. The zero-order chi connectivity index (χ0) is 29.1. The molecule has 0 radical (unpaired) electrons. The lowest BCUT2D eigenvalue weighted by Gasteiger charge is -2.39. The number of anilines is 1. The number of rotatable bonds is 11. The first-order chi connectivity index (χ1) is 18.2. The van der Waals surface area contributed by atoms with Crippen LogP contribution in [0.1, 0.15) is 50.4 Å². The minimum Gasteiger partial charge on any atom is -0.364 e. The van der Waals surface area contributed by atoms with Gasteiger partial charge in [-0.15, -0.1) is 0 Å². The predicted octanol–water partition coefficient (Wildman–Crippen LogP) is 4.68. The van der Waals surface area contributed by atoms with Crippen LogP contribution >= 0.6 is 0 Å². The first-order valence-electron chi connectivity index (χ1n) is 12.7. The molecular weight excluding hydrogens is 523 g/mol. The third-order valence-electron chi connectivity index (χ3n) is 6.96. The van der Waals surface area contributed by atoms with E-state index in [1.165, 1.54) is 6.07 Å². The number of amides is 2. The Hall–Kier alpha value is -3.57. The zero-order valence-corrected chi connectivity index (χ0v) is 23.9. The number of aromatic nitrogens is 1. The number of benzene rings is 2. The third-order valence-corrected chi connectivity index (χ3v) is 8.35. The number of nitrogens with one attached hydrogen (secondary N) is 1. The number of hydrogen-bond acceptors (Lipinski definition) is 6. The first-order valence-corrected chi connectivity index (χ1v) is 14.2. The van der Waals surface area contributed by atoms with Gasteiger partial charge in [-0.05, 0) is 44.0 Å². The quantitative estimate of drug-likeness (QED) is 0.328. The van der Waals surface area contributed by atoms with E-state index in [4.69, 9.17) is 10.3 Å². The molecule has 0 spiro atoms. The van der Waals surface area contributed by atoms with Gasteiger partial charge in [0.1, 0.15) is 12.4 Å². The zero-order valence-electron chi connectivity index (χ0n) is 23.1. The average molecular weight is 560 g/mol. The summed E-state index contributed by atoms with van der Waals surface area (Å²) in [7, 11) is -2.43. The average Bonchev–Trinajstić information content (AvgIpc) is 3.15. The molecule has 0 aliphatic rings. The van der Waals surface area contributed by atoms with Crippen molar-refractivity contribution in [3.05, 3.63) is 65.1 Å². The molecule has 39 heavy (non-hydrogen) atoms. The number of halogens is 1. The van der Waals surface area contributed by atoms with Gasteiger partial charge >= 0.3 is 5.91 Å². The number of nitrogens with zero attached hydrogens (tertiary/aromatic N) is 2. The molecule has 210 valence electrons. The van der Waals surface area contributed by atoms with Crippen LogP contribution in [-0.2, 0) is 26.2 Å². The summed E-state index contributed by atoms with van der Waals surface area (Å²) >= 11 is 0. The number of primary amides is 1. The summed E-state index contributed by atoms with van der Waals surface area (Å²) in [6.07, 6.45) is 0.931. The Morgan fingerprint density at radius 2 is 1.77 bits per heavy atom. The van der Waals surface area contributed by atoms with Gasteiger partial charge in [0, 0.05) is 22.6 Å². The molecule has 0 aliphatic carbocycles. The number of quaternary nitrogens is 1. The maximum absolute atomic E-state index is 14.3. The molecular formula is C28H36FN4O5S+. The smallest absolute Gasteiger partial charge is 0.314 e. The Labute approximate surface area is 228 Å². The maximum Gasteiger partial charge on any atom is 0.314 e. The lowest BCUT2D eigenvalue weighted by Crippen LogP contribution is -2.62. The van der Waals surface area contributed by atoms with Gasteiger partial charge in [-0.3, -0.25) is 4.79 Å². The summed E-state index contributed by atoms with van der Waals surface area (Å²) in [5.41, 5.74) is 8.16. The SMILES string of the molecule is CCCC(=O)[N+](C)(Cc1ccc(-c2cc(F)ccc2S(=O)(=O)Nc2onc(C)c2C)cc1)[C@H](C(N)=O)C(C)C. The van der Waals surface area contributed by atoms with Gasteiger partial charge in [-0.1, -0.05) is 50.2 Å². The lowest BCUT2D eigenvalue weighted by atomic mass is 9.96. The summed E-state index contributed by atoms with van der Waals surface area (Å²) in [6, 6.07) is 9.49. The number of hydrogen-bond donors (Lipinski definition) is 2. The molecule has 9 nitrogen and oxygen atoms in total. The van der Waals surface area contributed by atoms with Crippen LogP contribution in [0.25, 0.3) is 11.1 Å². The van der Waals surface area contributed by atoms with Crippen molar-refractivity contribution >= 4 is 27.7 Å². The molecule has 0 fully saturated rings. The maximum atomic E-state index is 14.3. The minimum atomic E-state index is -4.15. The summed E-state index contributed by atoms with van der Waals surface area (Å²) in [6.45, 7) is 9.19. The van der Waals surface area contributed by atoms with Crippen molar-refractivity contribution in [2.24, 2.45) is 11.7 Å². The number of carbonyl (C=O) groups excluding carboxylic acids is 2. The van der Waals surface area contributed by atoms with Gasteiger partial charge in [0.05, 0.1) is 24.1 Å². The normalized spacial score (nSPS) is 14.2. The molecule has 1 unspecified atom stereocenters. The second-order valence-corrected chi connectivity index (χ2v) is 12.0. The van der Waals surface area contributed by atoms with Crippen molar-refractivity contribution in [2.75, 3.05) is 11.8 Å². The van der Waals surface area contributed by atoms with Gasteiger partial charge in [-0.25, -0.2) is 26.8 Å². The Kier molecular flexibility index (Phi) is 8.97. The van der Waals surface area contributed by atoms with Crippen LogP contribution in [0.15, 0.2) is 51.9 Å². The van der Waals surface area contributed by atoms with Crippen LogP contribution in [0.4, 0.5) is 10.3 Å². The number of sulfonamides is 1. The highest BCUT2D eigenvalue weighted by atomic mass is 32.2. The topological polar surface area (TPSA) is 132 Å². The van der Waals surface area contributed by atoms with Crippen molar-refractivity contribution < 1.29 is 31.4 Å². The molecule has 3 N–H and O–H groups in total. The van der Waals surface area contributed by atoms with Crippen molar-refractivity contribution in [3.63, 3.8) is 0 Å². The fourth-order valence-corrected chi connectivity index (χ4v) is 6.15. The third kappa shape index (κ3) is 6.36. The molecule has 0 bridgehead atoms. The predicted molar refractivity (Wildman–Crippen MR) is 146 cm³/mol. The molecule has 3 aromatic rings. The Morgan fingerprint density at radius 3 is 2.28 bits per heavy atom. The van der Waals surface area contributed by atoms with Crippen molar-refractivity contribution in [3.8, 4) is 11.1 Å². The van der Waals surface area contributed by atoms with Crippen molar-refractivity contribution in [2.45, 2.75) is 64.9 Å². The van der Waals surface area contributed by atoms with Crippen LogP contribution in [-0.4, -0.2) is 43.0 Å². The van der Waals surface area contributed by atoms with Crippen LogP contribution in [0.5, 0.6) is 0 Å². The van der Waals surface area contributed by atoms with Crippen LogP contribution < -0.4 is 10.5 Å². The van der Waals surface area contributed by atoms with Crippen LogP contribution in [0.3, 0.4) is 0 Å². The van der Waals surface area contributed by atoms with E-state index in [-0.39, 0.29) is 39.2 Å². The highest BCUT2D eigenvalue weighted by molar-refractivity contribution is 7.92. The van der Waals surface area contributed by atoms with E-state index in [9.17, 15) is 22.4 Å². The number of carbonyl (C=O) groups is 2. The van der Waals surface area contributed by atoms with Gasteiger partial charge < -0.3 is 10.3 Å². The second-order valence-electron chi connectivity index (χ2n) is 10.3. The van der Waals surface area contributed by atoms with Gasteiger partial charge in [0.2, 0.25) is 5.88 Å². The Morgan fingerprint density at radius 1 is 1.13 bits per heavy atom. The minimum absolute atomic E-state index is 0.0129. The molecule has 0 saturated heterocycles. The van der Waals surface area contributed by atoms with Gasteiger partial charge in [0.25, 0.3) is 15.9 Å². The van der Waals surface area contributed by atoms with E-state index < -0.39 is 27.8 Å². The van der Waals surface area contributed by atoms with E-state index in [0.29, 0.717) is 29.7 Å². The highest BCUT2D eigenvalue weighted by Gasteiger charge is 2.45. The van der Waals surface area contributed by atoms with E-state index >= 15 is 0 Å². The van der Waals surface area contributed by atoms with Gasteiger partial charge in [0.15, 0.2) is 6.04 Å². The molecule has 0 saturated carbocycles. The summed E-state index contributed by atoms with van der Waals surface area (Å²) < 4.78 is 48.1. The monoisotopic (exact) mass is 559 g/mol. The van der Waals surface area contributed by atoms with Crippen molar-refractivity contribution in [1.29, 1.82) is 0 Å².